The van der Waals surface area contributed by atoms with Gasteiger partial charge in [0.15, 0.2) is 0 Å². The van der Waals surface area contributed by atoms with Gasteiger partial charge in [-0.3, -0.25) is 0 Å². The van der Waals surface area contributed by atoms with Crippen LogP contribution in [-0.4, -0.2) is 29.1 Å². The van der Waals surface area contributed by atoms with E-state index in [2.05, 4.69) is 18.7 Å². The van der Waals surface area contributed by atoms with Crippen LogP contribution in [0.15, 0.2) is 6.07 Å². The number of piperidine rings is 1. The first-order chi connectivity index (χ1) is 9.54. The van der Waals surface area contributed by atoms with E-state index in [9.17, 15) is 9.90 Å². The number of fused-ring (bicyclic) bond motifs is 1. The molecule has 0 aromatic carbocycles. The van der Waals surface area contributed by atoms with Crippen molar-refractivity contribution in [2.75, 3.05) is 18.0 Å². The predicted molar refractivity (Wildman–Crippen MR) is 78.4 cm³/mol. The Morgan fingerprint density at radius 3 is 2.65 bits per heavy atom. The average molecular weight is 274 g/mol. The molecule has 20 heavy (non-hydrogen) atoms. The standard InChI is InChI=1S/C16H22N2O2/c1-10-6-11(2)9-18(8-10)15-13(16(19)20)7-12-4-3-5-14(12)17-15/h7,10-11H,3-6,8-9H2,1-2H3,(H,19,20). The van der Waals surface area contributed by atoms with Crippen molar-refractivity contribution in [1.29, 1.82) is 0 Å². The largest absolute Gasteiger partial charge is 0.478 e. The van der Waals surface area contributed by atoms with Crippen molar-refractivity contribution in [2.24, 2.45) is 11.8 Å². The number of aryl methyl sites for hydroxylation is 2. The number of carbonyl (C=O) groups is 1. The summed E-state index contributed by atoms with van der Waals surface area (Å²) in [6.45, 7) is 6.29. The third-order valence-electron chi connectivity index (χ3n) is 4.43. The Morgan fingerprint density at radius 1 is 1.30 bits per heavy atom. The number of carboxylic acids is 1. The van der Waals surface area contributed by atoms with Crippen molar-refractivity contribution < 1.29 is 9.90 Å². The number of nitrogens with zero attached hydrogens (tertiary/aromatic N) is 2. The molecule has 1 saturated heterocycles. The minimum Gasteiger partial charge on any atom is -0.478 e. The molecule has 0 saturated carbocycles. The Morgan fingerprint density at radius 2 is 2.00 bits per heavy atom. The number of hydrogen-bond donors (Lipinski definition) is 1. The van der Waals surface area contributed by atoms with Crippen LogP contribution < -0.4 is 4.90 Å². The summed E-state index contributed by atoms with van der Waals surface area (Å²) in [4.78, 5) is 18.5. The zero-order valence-electron chi connectivity index (χ0n) is 12.2. The van der Waals surface area contributed by atoms with Crippen LogP contribution in [0, 0.1) is 11.8 Å². The fraction of sp³-hybridized carbons (Fsp3) is 0.625. The highest BCUT2D eigenvalue weighted by atomic mass is 16.4. The smallest absolute Gasteiger partial charge is 0.339 e. The van der Waals surface area contributed by atoms with Gasteiger partial charge in [-0.2, -0.15) is 0 Å². The van der Waals surface area contributed by atoms with E-state index in [0.29, 0.717) is 23.2 Å². The van der Waals surface area contributed by atoms with Crippen LogP contribution >= 0.6 is 0 Å². The minimum atomic E-state index is -0.854. The van der Waals surface area contributed by atoms with E-state index >= 15 is 0 Å². The molecule has 4 nitrogen and oxygen atoms in total. The lowest BCUT2D eigenvalue weighted by atomic mass is 9.91. The van der Waals surface area contributed by atoms with Gasteiger partial charge >= 0.3 is 5.97 Å². The monoisotopic (exact) mass is 274 g/mol. The van der Waals surface area contributed by atoms with Gasteiger partial charge in [0, 0.05) is 18.8 Å². The fourth-order valence-electron chi connectivity index (χ4n) is 3.70. The van der Waals surface area contributed by atoms with Crippen LogP contribution in [0.2, 0.25) is 0 Å². The molecule has 4 heteroatoms. The quantitative estimate of drug-likeness (QED) is 0.901. The molecule has 2 aliphatic rings. The van der Waals surface area contributed by atoms with Crippen LogP contribution in [0.25, 0.3) is 0 Å². The first-order valence-corrected chi connectivity index (χ1v) is 7.55. The highest BCUT2D eigenvalue weighted by molar-refractivity contribution is 5.93. The molecule has 108 valence electrons. The second-order valence-electron chi connectivity index (χ2n) is 6.48. The van der Waals surface area contributed by atoms with Gasteiger partial charge in [0.25, 0.3) is 0 Å². The number of hydrogen-bond acceptors (Lipinski definition) is 3. The van der Waals surface area contributed by atoms with E-state index < -0.39 is 5.97 Å². The highest BCUT2D eigenvalue weighted by Crippen LogP contribution is 2.31. The first-order valence-electron chi connectivity index (χ1n) is 7.55. The molecule has 2 atom stereocenters. The predicted octanol–water partition coefficient (Wildman–Crippen LogP) is 2.75. The van der Waals surface area contributed by atoms with Crippen molar-refractivity contribution in [3.8, 4) is 0 Å². The summed E-state index contributed by atoms with van der Waals surface area (Å²) in [5.74, 6) is 1.02. The molecule has 1 aromatic rings. The summed E-state index contributed by atoms with van der Waals surface area (Å²) in [5.41, 5.74) is 2.62. The molecule has 2 unspecified atom stereocenters. The topological polar surface area (TPSA) is 53.4 Å². The van der Waals surface area contributed by atoms with Crippen molar-refractivity contribution in [1.82, 2.24) is 4.98 Å². The number of anilines is 1. The zero-order valence-corrected chi connectivity index (χ0v) is 12.2. The molecule has 0 bridgehead atoms. The molecular formula is C16H22N2O2. The Hall–Kier alpha value is -1.58. The lowest BCUT2D eigenvalue weighted by Crippen LogP contribution is -2.40. The van der Waals surface area contributed by atoms with Gasteiger partial charge in [0.2, 0.25) is 0 Å². The molecule has 1 aromatic heterocycles. The highest BCUT2D eigenvalue weighted by Gasteiger charge is 2.28. The average Bonchev–Trinajstić information content (AvgIpc) is 2.83. The van der Waals surface area contributed by atoms with Gasteiger partial charge in [-0.05, 0) is 49.1 Å². The molecular weight excluding hydrogens is 252 g/mol. The maximum absolute atomic E-state index is 11.6. The molecule has 0 radical (unpaired) electrons. The van der Waals surface area contributed by atoms with Crippen LogP contribution in [0.1, 0.15) is 48.3 Å². The minimum absolute atomic E-state index is 0.381. The molecule has 1 N–H and O–H groups in total. The van der Waals surface area contributed by atoms with E-state index in [0.717, 1.165) is 43.6 Å². The van der Waals surface area contributed by atoms with Crippen LogP contribution in [0.3, 0.4) is 0 Å². The SMILES string of the molecule is CC1CC(C)CN(c2nc3c(cc2C(=O)O)CCC3)C1. The van der Waals surface area contributed by atoms with Gasteiger partial charge in [-0.15, -0.1) is 0 Å². The first kappa shape index (κ1) is 13.4. The summed E-state index contributed by atoms with van der Waals surface area (Å²) in [7, 11) is 0. The summed E-state index contributed by atoms with van der Waals surface area (Å²) in [6, 6.07) is 1.86. The second-order valence-corrected chi connectivity index (χ2v) is 6.48. The Balaban J connectivity index is 2.01. The zero-order chi connectivity index (χ0) is 14.3. The Bertz CT molecular complexity index is 532. The van der Waals surface area contributed by atoms with Crippen LogP contribution in [0.5, 0.6) is 0 Å². The lowest BCUT2D eigenvalue weighted by molar-refractivity contribution is 0.0696. The van der Waals surface area contributed by atoms with E-state index in [4.69, 9.17) is 4.98 Å². The summed E-state index contributed by atoms with van der Waals surface area (Å²) in [6.07, 6.45) is 4.26. The van der Waals surface area contributed by atoms with E-state index in [-0.39, 0.29) is 0 Å². The summed E-state index contributed by atoms with van der Waals surface area (Å²) >= 11 is 0. The maximum Gasteiger partial charge on any atom is 0.339 e. The maximum atomic E-state index is 11.6. The van der Waals surface area contributed by atoms with E-state index in [1.54, 1.807) is 0 Å². The Labute approximate surface area is 119 Å². The summed E-state index contributed by atoms with van der Waals surface area (Å²) in [5, 5.41) is 9.49. The number of aromatic nitrogens is 1. The van der Waals surface area contributed by atoms with Gasteiger partial charge in [0.1, 0.15) is 11.4 Å². The molecule has 1 aliphatic carbocycles. The molecule has 0 amide bonds. The normalized spacial score (nSPS) is 25.6. The second kappa shape index (κ2) is 5.08. The van der Waals surface area contributed by atoms with Crippen LogP contribution in [0.4, 0.5) is 5.82 Å². The molecule has 0 spiro atoms. The number of carboxylic acid groups (broad SMARTS) is 1. The summed E-state index contributed by atoms with van der Waals surface area (Å²) < 4.78 is 0. The third-order valence-corrected chi connectivity index (χ3v) is 4.43. The third kappa shape index (κ3) is 2.39. The number of aromatic carboxylic acids is 1. The van der Waals surface area contributed by atoms with E-state index in [1.165, 1.54) is 6.42 Å². The van der Waals surface area contributed by atoms with Crippen LogP contribution in [-0.2, 0) is 12.8 Å². The molecule has 1 fully saturated rings. The van der Waals surface area contributed by atoms with Crippen molar-refractivity contribution in [2.45, 2.75) is 39.5 Å². The van der Waals surface area contributed by atoms with E-state index in [1.807, 2.05) is 6.07 Å². The Kier molecular flexibility index (Phi) is 3.40. The lowest BCUT2D eigenvalue weighted by Gasteiger charge is -2.36. The van der Waals surface area contributed by atoms with Crippen molar-refractivity contribution in [3.05, 3.63) is 22.9 Å². The fourth-order valence-corrected chi connectivity index (χ4v) is 3.70. The number of rotatable bonds is 2. The number of pyridine rings is 1. The molecule has 2 heterocycles. The molecule has 3 rings (SSSR count). The van der Waals surface area contributed by atoms with Crippen molar-refractivity contribution in [3.63, 3.8) is 0 Å². The van der Waals surface area contributed by atoms with Gasteiger partial charge < -0.3 is 10.0 Å². The van der Waals surface area contributed by atoms with Gasteiger partial charge in [-0.25, -0.2) is 9.78 Å². The molecule has 1 aliphatic heterocycles. The van der Waals surface area contributed by atoms with Gasteiger partial charge in [0.05, 0.1) is 0 Å². The van der Waals surface area contributed by atoms with Crippen molar-refractivity contribution >= 4 is 11.8 Å². The van der Waals surface area contributed by atoms with Gasteiger partial charge in [-0.1, -0.05) is 13.8 Å².